The van der Waals surface area contributed by atoms with Gasteiger partial charge < -0.3 is 4.74 Å². The second-order valence-electron chi connectivity index (χ2n) is 6.20. The summed E-state index contributed by atoms with van der Waals surface area (Å²) in [7, 11) is 0. The second-order valence-corrected chi connectivity index (χ2v) is 6.20. The molecule has 0 aliphatic heterocycles. The first kappa shape index (κ1) is 19.7. The molecule has 1 rings (SSSR count). The zero-order valence-electron chi connectivity index (χ0n) is 14.8. The minimum Gasteiger partial charge on any atom is -0.461 e. The Morgan fingerprint density at radius 3 is 2.13 bits per heavy atom. The van der Waals surface area contributed by atoms with Crippen molar-refractivity contribution in [1.29, 1.82) is 0 Å². The highest BCUT2D eigenvalue weighted by atomic mass is 19.2. The molecule has 0 fully saturated rings. The van der Waals surface area contributed by atoms with E-state index in [0.717, 1.165) is 18.4 Å². The number of unbranched alkanes of at least 4 members (excludes halogenated alkanes) is 9. The van der Waals surface area contributed by atoms with Crippen LogP contribution in [0.2, 0.25) is 0 Å². The van der Waals surface area contributed by atoms with Gasteiger partial charge in [-0.3, -0.25) is 0 Å². The Hall–Kier alpha value is -1.32. The lowest BCUT2D eigenvalue weighted by atomic mass is 10.0. The first-order valence-corrected chi connectivity index (χ1v) is 9.23. The largest absolute Gasteiger partial charge is 0.461 e. The fraction of sp³-hybridized carbons (Fsp3) is 0.737. The zero-order chi connectivity index (χ0) is 16.9. The molecule has 0 aliphatic rings. The van der Waals surface area contributed by atoms with Gasteiger partial charge in [-0.05, 0) is 31.4 Å². The van der Waals surface area contributed by atoms with Gasteiger partial charge >= 0.3 is 5.97 Å². The number of carbonyl (C=O) groups is 1. The van der Waals surface area contributed by atoms with Gasteiger partial charge in [0.1, 0.15) is 0 Å². The molecular formula is C19H32FNO2. The molecule has 0 atom stereocenters. The van der Waals surface area contributed by atoms with Gasteiger partial charge in [-0.1, -0.05) is 69.2 Å². The summed E-state index contributed by atoms with van der Waals surface area (Å²) in [4.78, 5) is 11.9. The summed E-state index contributed by atoms with van der Waals surface area (Å²) in [6.45, 7) is 4.22. The number of nitrogens with zero attached hydrogens (tertiary/aromatic N) is 1. The Balaban J connectivity index is 2.10. The molecule has 1 heterocycles. The lowest BCUT2D eigenvalue weighted by Gasteiger charge is -2.01. The van der Waals surface area contributed by atoms with Crippen molar-refractivity contribution in [3.63, 3.8) is 0 Å². The van der Waals surface area contributed by atoms with Crippen LogP contribution in [0.4, 0.5) is 4.48 Å². The fourth-order valence-electron chi connectivity index (χ4n) is 2.79. The molecular weight excluding hydrogens is 293 g/mol. The maximum Gasteiger partial charge on any atom is 0.357 e. The summed E-state index contributed by atoms with van der Waals surface area (Å²) >= 11 is 0. The molecule has 0 radical (unpaired) electrons. The summed E-state index contributed by atoms with van der Waals surface area (Å²) in [6, 6.07) is 1.60. The average molecular weight is 325 g/mol. The van der Waals surface area contributed by atoms with Gasteiger partial charge in [0.15, 0.2) is 5.69 Å². The smallest absolute Gasteiger partial charge is 0.357 e. The molecule has 4 heteroatoms. The summed E-state index contributed by atoms with van der Waals surface area (Å²) in [5.74, 6) is -0.593. The Labute approximate surface area is 140 Å². The van der Waals surface area contributed by atoms with Crippen LogP contribution in [0.1, 0.15) is 94.1 Å². The number of rotatable bonds is 13. The number of esters is 1. The molecule has 1 aromatic rings. The van der Waals surface area contributed by atoms with Crippen LogP contribution < -0.4 is 0 Å². The molecule has 23 heavy (non-hydrogen) atoms. The van der Waals surface area contributed by atoms with Crippen LogP contribution in [0, 0.1) is 0 Å². The first-order valence-electron chi connectivity index (χ1n) is 9.23. The van der Waals surface area contributed by atoms with E-state index >= 15 is 0 Å². The molecule has 0 unspecified atom stereocenters. The van der Waals surface area contributed by atoms with E-state index in [4.69, 9.17) is 4.74 Å². The number of hydrogen-bond donors (Lipinski definition) is 0. The zero-order valence-corrected chi connectivity index (χ0v) is 14.8. The van der Waals surface area contributed by atoms with Crippen LogP contribution in [-0.2, 0) is 11.2 Å². The molecule has 0 aromatic carbocycles. The van der Waals surface area contributed by atoms with E-state index in [2.05, 4.69) is 6.92 Å². The number of hydrogen-bond acceptors (Lipinski definition) is 2. The van der Waals surface area contributed by atoms with Crippen LogP contribution in [0.15, 0.2) is 12.3 Å². The molecule has 0 aliphatic carbocycles. The number of carbonyl (C=O) groups excluding carboxylic acids is 1. The topological polar surface area (TPSA) is 31.2 Å². The molecule has 0 amide bonds. The lowest BCUT2D eigenvalue weighted by molar-refractivity contribution is 0.0502. The van der Waals surface area contributed by atoms with Crippen LogP contribution in [0.3, 0.4) is 0 Å². The minimum absolute atomic E-state index is 0.00562. The monoisotopic (exact) mass is 325 g/mol. The van der Waals surface area contributed by atoms with Crippen molar-refractivity contribution in [2.45, 2.75) is 84.5 Å². The van der Waals surface area contributed by atoms with Crippen molar-refractivity contribution >= 4 is 5.97 Å². The summed E-state index contributed by atoms with van der Waals surface area (Å²) in [6.07, 6.45) is 15.1. The Morgan fingerprint density at radius 2 is 1.57 bits per heavy atom. The predicted octanol–water partition coefficient (Wildman–Crippen LogP) is 5.86. The van der Waals surface area contributed by atoms with Crippen LogP contribution in [0.5, 0.6) is 0 Å². The third kappa shape index (κ3) is 8.19. The SMILES string of the molecule is CCCCCCCCCCCCc1cc(C(=O)OCC)n(F)c1. The van der Waals surface area contributed by atoms with Crippen molar-refractivity contribution in [3.05, 3.63) is 23.5 Å². The predicted molar refractivity (Wildman–Crippen MR) is 92.4 cm³/mol. The van der Waals surface area contributed by atoms with Gasteiger partial charge in [0, 0.05) is 6.20 Å². The third-order valence-corrected chi connectivity index (χ3v) is 4.13. The molecule has 0 spiro atoms. The van der Waals surface area contributed by atoms with Gasteiger partial charge in [-0.15, -0.1) is 0 Å². The summed E-state index contributed by atoms with van der Waals surface area (Å²) in [5.41, 5.74) is 0.865. The summed E-state index contributed by atoms with van der Waals surface area (Å²) in [5, 5.41) is 0. The van der Waals surface area contributed by atoms with E-state index in [9.17, 15) is 9.28 Å². The second kappa shape index (κ2) is 12.1. The molecule has 1 aromatic heterocycles. The van der Waals surface area contributed by atoms with Crippen molar-refractivity contribution in [2.24, 2.45) is 0 Å². The number of aromatic nitrogens is 1. The quantitative estimate of drug-likeness (QED) is 0.336. The van der Waals surface area contributed by atoms with Crippen molar-refractivity contribution in [1.82, 2.24) is 4.79 Å². The Morgan fingerprint density at radius 1 is 1.00 bits per heavy atom. The molecule has 132 valence electrons. The van der Waals surface area contributed by atoms with E-state index in [1.165, 1.54) is 64.0 Å². The van der Waals surface area contributed by atoms with Crippen molar-refractivity contribution < 1.29 is 14.0 Å². The van der Waals surface area contributed by atoms with E-state index < -0.39 is 5.97 Å². The Kier molecular flexibility index (Phi) is 10.4. The van der Waals surface area contributed by atoms with E-state index in [-0.39, 0.29) is 12.3 Å². The molecule has 0 bridgehead atoms. The normalized spacial score (nSPS) is 10.9. The standard InChI is InChI=1S/C19H32FNO2/c1-3-5-6-7-8-9-10-11-12-13-14-17-15-18(21(20)16-17)19(22)23-4-2/h15-16H,3-14H2,1-2H3. The number of ether oxygens (including phenoxy) is 1. The average Bonchev–Trinajstić information content (AvgIpc) is 2.90. The van der Waals surface area contributed by atoms with Crippen LogP contribution in [0.25, 0.3) is 0 Å². The molecule has 0 saturated carbocycles. The summed E-state index contributed by atoms with van der Waals surface area (Å²) < 4.78 is 18.4. The number of halogens is 1. The first-order chi connectivity index (χ1) is 11.2. The maximum absolute atomic E-state index is 13.6. The van der Waals surface area contributed by atoms with Crippen LogP contribution in [-0.4, -0.2) is 17.4 Å². The van der Waals surface area contributed by atoms with Gasteiger partial charge in [0.05, 0.1) is 6.61 Å². The molecule has 0 N–H and O–H groups in total. The maximum atomic E-state index is 13.6. The van der Waals surface area contributed by atoms with E-state index in [1.807, 2.05) is 0 Å². The lowest BCUT2D eigenvalue weighted by Crippen LogP contribution is -2.07. The highest BCUT2D eigenvalue weighted by Crippen LogP contribution is 2.15. The minimum atomic E-state index is -0.593. The van der Waals surface area contributed by atoms with Gasteiger partial charge in [0.25, 0.3) is 0 Å². The molecule has 0 saturated heterocycles. The van der Waals surface area contributed by atoms with Gasteiger partial charge in [-0.25, -0.2) is 4.79 Å². The van der Waals surface area contributed by atoms with E-state index in [0.29, 0.717) is 4.79 Å². The third-order valence-electron chi connectivity index (χ3n) is 4.13. The van der Waals surface area contributed by atoms with Gasteiger partial charge in [0.2, 0.25) is 0 Å². The fourth-order valence-corrected chi connectivity index (χ4v) is 2.79. The van der Waals surface area contributed by atoms with Gasteiger partial charge in [-0.2, -0.15) is 4.79 Å². The van der Waals surface area contributed by atoms with Crippen molar-refractivity contribution in [3.8, 4) is 0 Å². The highest BCUT2D eigenvalue weighted by molar-refractivity contribution is 5.87. The highest BCUT2D eigenvalue weighted by Gasteiger charge is 2.14. The Bertz CT molecular complexity index is 443. The van der Waals surface area contributed by atoms with Crippen LogP contribution >= 0.6 is 0 Å². The number of aryl methyl sites for hydroxylation is 1. The van der Waals surface area contributed by atoms with E-state index in [1.54, 1.807) is 13.0 Å². The van der Waals surface area contributed by atoms with Crippen molar-refractivity contribution in [2.75, 3.05) is 6.61 Å². The molecule has 3 nitrogen and oxygen atoms in total.